The molecule has 0 aliphatic carbocycles. The van der Waals surface area contributed by atoms with Gasteiger partial charge in [0.05, 0.1) is 0 Å². The third-order valence-electron chi connectivity index (χ3n) is 4.53. The number of hydrogen-bond donors (Lipinski definition) is 2. The van der Waals surface area contributed by atoms with E-state index in [4.69, 9.17) is 4.74 Å². The maximum Gasteiger partial charge on any atom is 0.191 e. The summed E-state index contributed by atoms with van der Waals surface area (Å²) in [6, 6.07) is 4.23. The number of hydrogen-bond acceptors (Lipinski definition) is 5. The minimum atomic E-state index is 0. The molecule has 0 saturated carbocycles. The second-order valence-electron chi connectivity index (χ2n) is 6.57. The average molecular weight is 490 g/mol. The zero-order valence-electron chi connectivity index (χ0n) is 16.9. The molecule has 2 N–H and O–H groups in total. The van der Waals surface area contributed by atoms with Gasteiger partial charge in [-0.3, -0.25) is 4.99 Å². The molecule has 2 rings (SSSR count). The molecule has 1 aliphatic heterocycles. The highest BCUT2D eigenvalue weighted by molar-refractivity contribution is 14.0. The first-order valence-electron chi connectivity index (χ1n) is 9.63. The molecule has 154 valence electrons. The Hall–Kier alpha value is -1.13. The van der Waals surface area contributed by atoms with Crippen molar-refractivity contribution in [3.05, 3.63) is 23.9 Å². The van der Waals surface area contributed by atoms with Gasteiger partial charge in [-0.1, -0.05) is 0 Å². The fourth-order valence-corrected chi connectivity index (χ4v) is 2.87. The minimum Gasteiger partial charge on any atom is -0.382 e. The van der Waals surface area contributed by atoms with Crippen LogP contribution in [0.1, 0.15) is 25.3 Å². The molecule has 1 fully saturated rings. The molecule has 8 heteroatoms. The van der Waals surface area contributed by atoms with Gasteiger partial charge in [-0.05, 0) is 44.5 Å². The maximum atomic E-state index is 5.35. The van der Waals surface area contributed by atoms with Crippen molar-refractivity contribution in [2.45, 2.75) is 26.3 Å². The number of piperazine rings is 1. The van der Waals surface area contributed by atoms with Crippen LogP contribution in [-0.2, 0) is 11.3 Å². The Morgan fingerprint density at radius 2 is 2.00 bits per heavy atom. The molecule has 0 aromatic carbocycles. The summed E-state index contributed by atoms with van der Waals surface area (Å²) in [4.78, 5) is 13.5. The summed E-state index contributed by atoms with van der Waals surface area (Å²) >= 11 is 0. The lowest BCUT2D eigenvalue weighted by Gasteiger charge is -2.33. The molecule has 1 aromatic rings. The van der Waals surface area contributed by atoms with Gasteiger partial charge in [-0.15, -0.1) is 24.0 Å². The van der Waals surface area contributed by atoms with E-state index < -0.39 is 0 Å². The zero-order valence-corrected chi connectivity index (χ0v) is 19.2. The quantitative estimate of drug-likeness (QED) is 0.239. The van der Waals surface area contributed by atoms with Gasteiger partial charge in [0.25, 0.3) is 0 Å². The van der Waals surface area contributed by atoms with Gasteiger partial charge in [0, 0.05) is 65.7 Å². The van der Waals surface area contributed by atoms with Gasteiger partial charge in [0.2, 0.25) is 0 Å². The summed E-state index contributed by atoms with van der Waals surface area (Å²) in [7, 11) is 3.97. The van der Waals surface area contributed by atoms with Crippen LogP contribution in [0.25, 0.3) is 0 Å². The molecule has 0 bridgehead atoms. The van der Waals surface area contributed by atoms with E-state index in [9.17, 15) is 0 Å². The van der Waals surface area contributed by atoms with E-state index in [1.165, 1.54) is 5.56 Å². The second kappa shape index (κ2) is 14.0. The van der Waals surface area contributed by atoms with Crippen LogP contribution >= 0.6 is 24.0 Å². The number of unbranched alkanes of at least 4 members (excludes halogenated alkanes) is 1. The minimum absolute atomic E-state index is 0. The molecular formula is C19H35IN6O. The number of halogens is 1. The molecule has 0 unspecified atom stereocenters. The summed E-state index contributed by atoms with van der Waals surface area (Å²) in [5, 5.41) is 6.73. The Morgan fingerprint density at radius 1 is 1.22 bits per heavy atom. The van der Waals surface area contributed by atoms with Crippen molar-refractivity contribution in [1.29, 1.82) is 0 Å². The highest BCUT2D eigenvalue weighted by Crippen LogP contribution is 2.14. The SMILES string of the molecule is CCOCCCCNC(=NC)NCc1ccnc(N2CCN(C)CC2)c1.I. The fraction of sp³-hybridized carbons (Fsp3) is 0.684. The van der Waals surface area contributed by atoms with E-state index in [1.807, 2.05) is 13.1 Å². The monoisotopic (exact) mass is 490 g/mol. The fourth-order valence-electron chi connectivity index (χ4n) is 2.87. The molecule has 0 spiro atoms. The smallest absolute Gasteiger partial charge is 0.191 e. The van der Waals surface area contributed by atoms with Crippen LogP contribution < -0.4 is 15.5 Å². The van der Waals surface area contributed by atoms with E-state index in [-0.39, 0.29) is 24.0 Å². The molecule has 0 amide bonds. The van der Waals surface area contributed by atoms with E-state index in [1.54, 1.807) is 7.05 Å². The number of rotatable bonds is 9. The summed E-state index contributed by atoms with van der Waals surface area (Å²) in [5.41, 5.74) is 1.22. The summed E-state index contributed by atoms with van der Waals surface area (Å²) in [6.45, 7) is 9.52. The summed E-state index contributed by atoms with van der Waals surface area (Å²) < 4.78 is 5.35. The van der Waals surface area contributed by atoms with Crippen molar-refractivity contribution < 1.29 is 4.74 Å². The lowest BCUT2D eigenvalue weighted by molar-refractivity contribution is 0.143. The molecule has 1 aliphatic rings. The lowest BCUT2D eigenvalue weighted by atomic mass is 10.2. The first-order valence-corrected chi connectivity index (χ1v) is 9.63. The molecule has 1 saturated heterocycles. The molecule has 7 nitrogen and oxygen atoms in total. The average Bonchev–Trinajstić information content (AvgIpc) is 2.67. The van der Waals surface area contributed by atoms with Crippen LogP contribution in [0.15, 0.2) is 23.3 Å². The third-order valence-corrected chi connectivity index (χ3v) is 4.53. The first kappa shape index (κ1) is 23.9. The van der Waals surface area contributed by atoms with Crippen LogP contribution in [0.2, 0.25) is 0 Å². The maximum absolute atomic E-state index is 5.35. The molecule has 2 heterocycles. The number of guanidine groups is 1. The van der Waals surface area contributed by atoms with Crippen molar-refractivity contribution in [2.24, 2.45) is 4.99 Å². The van der Waals surface area contributed by atoms with Crippen LogP contribution in [0.4, 0.5) is 5.82 Å². The zero-order chi connectivity index (χ0) is 18.6. The predicted molar refractivity (Wildman–Crippen MR) is 123 cm³/mol. The Morgan fingerprint density at radius 3 is 2.70 bits per heavy atom. The molecule has 0 radical (unpaired) electrons. The molecule has 1 aromatic heterocycles. The van der Waals surface area contributed by atoms with Crippen LogP contribution in [0.5, 0.6) is 0 Å². The predicted octanol–water partition coefficient (Wildman–Crippen LogP) is 1.93. The number of nitrogens with one attached hydrogen (secondary N) is 2. The molecule has 27 heavy (non-hydrogen) atoms. The van der Waals surface area contributed by atoms with Crippen LogP contribution in [0, 0.1) is 0 Å². The normalized spacial score (nSPS) is 15.4. The van der Waals surface area contributed by atoms with E-state index in [0.717, 1.165) is 77.1 Å². The van der Waals surface area contributed by atoms with E-state index in [2.05, 4.69) is 49.6 Å². The summed E-state index contributed by atoms with van der Waals surface area (Å²) in [6.07, 6.45) is 4.04. The number of likely N-dealkylation sites (N-methyl/N-ethyl adjacent to an activating group) is 1. The number of pyridine rings is 1. The van der Waals surface area contributed by atoms with E-state index in [0.29, 0.717) is 0 Å². The van der Waals surface area contributed by atoms with Gasteiger partial charge in [0.15, 0.2) is 5.96 Å². The third kappa shape index (κ3) is 9.07. The molecule has 0 atom stereocenters. The van der Waals surface area contributed by atoms with Crippen molar-refractivity contribution in [1.82, 2.24) is 20.5 Å². The Kier molecular flexibility index (Phi) is 12.4. The van der Waals surface area contributed by atoms with Crippen LogP contribution in [-0.4, -0.2) is 75.9 Å². The van der Waals surface area contributed by atoms with Gasteiger partial charge in [-0.25, -0.2) is 4.98 Å². The van der Waals surface area contributed by atoms with Crippen molar-refractivity contribution in [2.75, 3.05) is 64.9 Å². The van der Waals surface area contributed by atoms with Gasteiger partial charge >= 0.3 is 0 Å². The second-order valence-corrected chi connectivity index (χ2v) is 6.57. The number of aliphatic imine (C=N–C) groups is 1. The van der Waals surface area contributed by atoms with Crippen molar-refractivity contribution >= 4 is 35.8 Å². The number of nitrogens with zero attached hydrogens (tertiary/aromatic N) is 4. The topological polar surface area (TPSA) is 65.0 Å². The van der Waals surface area contributed by atoms with Gasteiger partial charge < -0.3 is 25.2 Å². The first-order chi connectivity index (χ1) is 12.7. The number of ether oxygens (including phenoxy) is 1. The van der Waals surface area contributed by atoms with Gasteiger partial charge in [0.1, 0.15) is 5.82 Å². The Balaban J connectivity index is 0.00000364. The van der Waals surface area contributed by atoms with Crippen molar-refractivity contribution in [3.8, 4) is 0 Å². The number of anilines is 1. The van der Waals surface area contributed by atoms with Crippen LogP contribution in [0.3, 0.4) is 0 Å². The standard InChI is InChI=1S/C19H34N6O.HI/c1-4-26-14-6-5-8-22-19(20-2)23-16-17-7-9-21-18(15-17)25-12-10-24(3)11-13-25;/h7,9,15H,4-6,8,10-14,16H2,1-3H3,(H2,20,22,23);1H. The summed E-state index contributed by atoms with van der Waals surface area (Å²) in [5.74, 6) is 1.90. The number of aromatic nitrogens is 1. The lowest BCUT2D eigenvalue weighted by Crippen LogP contribution is -2.44. The van der Waals surface area contributed by atoms with Gasteiger partial charge in [-0.2, -0.15) is 0 Å². The Bertz CT molecular complexity index is 549. The Labute approximate surface area is 181 Å². The molecular weight excluding hydrogens is 455 g/mol. The van der Waals surface area contributed by atoms with E-state index >= 15 is 0 Å². The highest BCUT2D eigenvalue weighted by Gasteiger charge is 2.15. The highest BCUT2D eigenvalue weighted by atomic mass is 127. The largest absolute Gasteiger partial charge is 0.382 e. The van der Waals surface area contributed by atoms with Crippen molar-refractivity contribution in [3.63, 3.8) is 0 Å².